The Hall–Kier alpha value is 0.700. The maximum absolute atomic E-state index is 2.14. The first-order valence-electron chi connectivity index (χ1n) is 3.75. The van der Waals surface area contributed by atoms with E-state index in [1.807, 2.05) is 0 Å². The van der Waals surface area contributed by atoms with Crippen LogP contribution >= 0.6 is 21.6 Å². The molecule has 0 N–H and O–H groups in total. The average molecular weight is 160 g/mol. The van der Waals surface area contributed by atoms with Crippen LogP contribution in [0.1, 0.15) is 25.7 Å². The van der Waals surface area contributed by atoms with Crippen LogP contribution in [0.3, 0.4) is 0 Å². The highest BCUT2D eigenvalue weighted by Crippen LogP contribution is 2.48. The highest BCUT2D eigenvalue weighted by Gasteiger charge is 2.30. The van der Waals surface area contributed by atoms with E-state index in [0.29, 0.717) is 0 Å². The SMILES string of the molecule is C1CCC2SSCC2C1. The van der Waals surface area contributed by atoms with Crippen molar-refractivity contribution in [1.82, 2.24) is 0 Å². The van der Waals surface area contributed by atoms with E-state index >= 15 is 0 Å². The third-order valence-electron chi connectivity index (χ3n) is 2.31. The summed E-state index contributed by atoms with van der Waals surface area (Å²) in [6.07, 6.45) is 6.02. The fourth-order valence-corrected chi connectivity index (χ4v) is 5.35. The van der Waals surface area contributed by atoms with E-state index in [4.69, 9.17) is 0 Å². The predicted molar refractivity (Wildman–Crippen MR) is 45.8 cm³/mol. The second-order valence-corrected chi connectivity index (χ2v) is 5.62. The Morgan fingerprint density at radius 1 is 1.11 bits per heavy atom. The van der Waals surface area contributed by atoms with Crippen LogP contribution in [-0.2, 0) is 0 Å². The molecule has 2 rings (SSSR count). The topological polar surface area (TPSA) is 0 Å². The fraction of sp³-hybridized carbons (Fsp3) is 1.00. The maximum atomic E-state index is 2.14. The second kappa shape index (κ2) is 2.75. The smallest absolute Gasteiger partial charge is 0.0187 e. The van der Waals surface area contributed by atoms with Crippen LogP contribution in [-0.4, -0.2) is 11.0 Å². The quantitative estimate of drug-likeness (QED) is 0.500. The van der Waals surface area contributed by atoms with Gasteiger partial charge in [-0.2, -0.15) is 0 Å². The molecule has 0 bridgehead atoms. The molecule has 1 aliphatic carbocycles. The largest absolute Gasteiger partial charge is 0.0935 e. The zero-order valence-electron chi connectivity index (χ0n) is 5.51. The Balaban J connectivity index is 1.97. The summed E-state index contributed by atoms with van der Waals surface area (Å²) < 4.78 is 0. The van der Waals surface area contributed by atoms with E-state index in [-0.39, 0.29) is 0 Å². The third kappa shape index (κ3) is 1.25. The lowest BCUT2D eigenvalue weighted by molar-refractivity contribution is 0.408. The molecule has 9 heavy (non-hydrogen) atoms. The lowest BCUT2D eigenvalue weighted by atomic mass is 9.90. The lowest BCUT2D eigenvalue weighted by Gasteiger charge is -2.22. The fourth-order valence-electron chi connectivity index (χ4n) is 1.71. The zero-order chi connectivity index (χ0) is 6.10. The van der Waals surface area contributed by atoms with Crippen molar-refractivity contribution in [3.05, 3.63) is 0 Å². The molecule has 2 heteroatoms. The van der Waals surface area contributed by atoms with Crippen molar-refractivity contribution in [2.24, 2.45) is 5.92 Å². The van der Waals surface area contributed by atoms with E-state index < -0.39 is 0 Å². The molecular formula is C7H12S2. The Kier molecular flexibility index (Phi) is 1.96. The molecule has 2 atom stereocenters. The molecule has 1 saturated carbocycles. The van der Waals surface area contributed by atoms with Gasteiger partial charge in [0.1, 0.15) is 0 Å². The summed E-state index contributed by atoms with van der Waals surface area (Å²) in [5, 5.41) is 1.05. The van der Waals surface area contributed by atoms with Gasteiger partial charge in [0, 0.05) is 11.0 Å². The van der Waals surface area contributed by atoms with Crippen LogP contribution in [0.25, 0.3) is 0 Å². The van der Waals surface area contributed by atoms with Crippen molar-refractivity contribution in [3.8, 4) is 0 Å². The monoisotopic (exact) mass is 160 g/mol. The van der Waals surface area contributed by atoms with E-state index in [1.165, 1.54) is 31.4 Å². The van der Waals surface area contributed by atoms with E-state index in [1.54, 1.807) is 0 Å². The summed E-state index contributed by atoms with van der Waals surface area (Å²) in [4.78, 5) is 0. The Labute approximate surface area is 64.6 Å². The third-order valence-corrected chi connectivity index (χ3v) is 5.44. The van der Waals surface area contributed by atoms with Crippen molar-refractivity contribution in [3.63, 3.8) is 0 Å². The molecule has 52 valence electrons. The van der Waals surface area contributed by atoms with E-state index in [9.17, 15) is 0 Å². The van der Waals surface area contributed by atoms with Gasteiger partial charge in [0.25, 0.3) is 0 Å². The van der Waals surface area contributed by atoms with Gasteiger partial charge in [-0.25, -0.2) is 0 Å². The normalized spacial score (nSPS) is 42.7. The van der Waals surface area contributed by atoms with Gasteiger partial charge in [-0.15, -0.1) is 0 Å². The number of hydrogen-bond acceptors (Lipinski definition) is 2. The summed E-state index contributed by atoms with van der Waals surface area (Å²) >= 11 is 0. The van der Waals surface area contributed by atoms with Gasteiger partial charge in [0.15, 0.2) is 0 Å². The van der Waals surface area contributed by atoms with Crippen molar-refractivity contribution >= 4 is 21.6 Å². The average Bonchev–Trinajstić information content (AvgIpc) is 2.33. The minimum atomic E-state index is 1.05. The summed E-state index contributed by atoms with van der Waals surface area (Å²) in [5.74, 6) is 2.53. The van der Waals surface area contributed by atoms with Crippen LogP contribution in [0.15, 0.2) is 0 Å². The molecule has 1 saturated heterocycles. The molecule has 0 aromatic rings. The summed E-state index contributed by atoms with van der Waals surface area (Å²) in [6.45, 7) is 0. The maximum Gasteiger partial charge on any atom is 0.0187 e. The van der Waals surface area contributed by atoms with Crippen LogP contribution in [0.2, 0.25) is 0 Å². The highest BCUT2D eigenvalue weighted by molar-refractivity contribution is 8.77. The molecule has 2 aliphatic rings. The van der Waals surface area contributed by atoms with Crippen LogP contribution in [0.5, 0.6) is 0 Å². The molecule has 1 heterocycles. The number of hydrogen-bond donors (Lipinski definition) is 0. The first-order chi connectivity index (χ1) is 4.47. The lowest BCUT2D eigenvalue weighted by Crippen LogP contribution is -2.18. The second-order valence-electron chi connectivity index (χ2n) is 2.96. The summed E-state index contributed by atoms with van der Waals surface area (Å²) in [6, 6.07) is 0. The summed E-state index contributed by atoms with van der Waals surface area (Å²) in [5.41, 5.74) is 0. The van der Waals surface area contributed by atoms with Gasteiger partial charge in [-0.3, -0.25) is 0 Å². The molecule has 0 spiro atoms. The van der Waals surface area contributed by atoms with Gasteiger partial charge in [-0.05, 0) is 18.8 Å². The molecule has 1 aliphatic heterocycles. The molecule has 0 amide bonds. The van der Waals surface area contributed by atoms with Crippen LogP contribution < -0.4 is 0 Å². The predicted octanol–water partition coefficient (Wildman–Crippen LogP) is 2.94. The van der Waals surface area contributed by atoms with E-state index in [2.05, 4.69) is 21.6 Å². The Morgan fingerprint density at radius 2 is 2.00 bits per heavy atom. The molecule has 2 fully saturated rings. The molecular weight excluding hydrogens is 148 g/mol. The van der Waals surface area contributed by atoms with Crippen LogP contribution in [0.4, 0.5) is 0 Å². The Bertz CT molecular complexity index is 91.1. The van der Waals surface area contributed by atoms with Gasteiger partial charge in [0.2, 0.25) is 0 Å². The Morgan fingerprint density at radius 3 is 2.89 bits per heavy atom. The minimum absolute atomic E-state index is 1.05. The number of fused-ring (bicyclic) bond motifs is 1. The minimum Gasteiger partial charge on any atom is -0.0935 e. The molecule has 2 unspecified atom stereocenters. The molecule has 0 radical (unpaired) electrons. The highest BCUT2D eigenvalue weighted by atomic mass is 33.1. The number of rotatable bonds is 0. The van der Waals surface area contributed by atoms with Crippen molar-refractivity contribution < 1.29 is 0 Å². The van der Waals surface area contributed by atoms with Crippen LogP contribution in [0, 0.1) is 5.92 Å². The molecule has 0 nitrogen and oxygen atoms in total. The van der Waals surface area contributed by atoms with Gasteiger partial charge in [-0.1, -0.05) is 34.4 Å². The van der Waals surface area contributed by atoms with Gasteiger partial charge in [0.05, 0.1) is 0 Å². The molecule has 0 aromatic carbocycles. The van der Waals surface area contributed by atoms with Gasteiger partial charge < -0.3 is 0 Å². The first kappa shape index (κ1) is 6.41. The van der Waals surface area contributed by atoms with Crippen molar-refractivity contribution in [2.45, 2.75) is 30.9 Å². The van der Waals surface area contributed by atoms with E-state index in [0.717, 1.165) is 11.2 Å². The van der Waals surface area contributed by atoms with Crippen molar-refractivity contribution in [2.75, 3.05) is 5.75 Å². The van der Waals surface area contributed by atoms with Gasteiger partial charge >= 0.3 is 0 Å². The standard InChI is InChI=1S/C7H12S2/c1-2-4-7-6(3-1)5-8-9-7/h6-7H,1-5H2. The molecule has 0 aromatic heterocycles. The van der Waals surface area contributed by atoms with Crippen molar-refractivity contribution in [1.29, 1.82) is 0 Å². The summed E-state index contributed by atoms with van der Waals surface area (Å²) in [7, 11) is 4.24. The first-order valence-corrected chi connectivity index (χ1v) is 6.13. The zero-order valence-corrected chi connectivity index (χ0v) is 7.14.